The first-order valence-electron chi connectivity index (χ1n) is 8.31. The molecule has 5 rings (SSSR count). The molecule has 6 nitrogen and oxygen atoms in total. The summed E-state index contributed by atoms with van der Waals surface area (Å²) in [5.74, 6) is 1.95. The molecule has 4 aliphatic carbocycles. The van der Waals surface area contributed by atoms with Gasteiger partial charge in [0.25, 0.3) is 0 Å². The second kappa shape index (κ2) is 5.28. The fourth-order valence-corrected chi connectivity index (χ4v) is 5.38. The number of hydrogen-bond donors (Lipinski definition) is 0. The Hall–Kier alpha value is -1.98. The smallest absolute Gasteiger partial charge is 0.406 e. The third-order valence-electron chi connectivity index (χ3n) is 5.91. The van der Waals surface area contributed by atoms with Crippen LogP contribution in [0.3, 0.4) is 0 Å². The van der Waals surface area contributed by atoms with E-state index in [-0.39, 0.29) is 29.4 Å². The lowest BCUT2D eigenvalue weighted by Gasteiger charge is -2.55. The number of nitro groups is 1. The molecule has 0 unspecified atom stereocenters. The number of ketones is 1. The molecule has 122 valence electrons. The number of rotatable bonds is 5. The van der Waals surface area contributed by atoms with Crippen molar-refractivity contribution < 1.29 is 14.5 Å². The van der Waals surface area contributed by atoms with Crippen LogP contribution in [0.5, 0.6) is 5.75 Å². The zero-order valence-electron chi connectivity index (χ0n) is 12.9. The normalized spacial score (nSPS) is 34.3. The highest BCUT2D eigenvalue weighted by Gasteiger charge is 2.54. The average Bonchev–Trinajstić information content (AvgIpc) is 2.51. The standard InChI is InChI=1S/C17H20N2O4/c20-15(10-23-14-2-1-3-18-16(14)19(21)22)17-7-11-4-12(8-17)6-13(5-11)9-17/h1-3,11-13H,4-10H2. The molecule has 1 aromatic heterocycles. The molecule has 4 saturated carbocycles. The molecule has 4 aliphatic rings. The quantitative estimate of drug-likeness (QED) is 0.615. The van der Waals surface area contributed by atoms with E-state index < -0.39 is 4.92 Å². The van der Waals surface area contributed by atoms with Crippen LogP contribution in [0.1, 0.15) is 38.5 Å². The number of hydrogen-bond acceptors (Lipinski definition) is 5. The Morgan fingerprint density at radius 1 is 1.26 bits per heavy atom. The van der Waals surface area contributed by atoms with Gasteiger partial charge in [0.15, 0.2) is 5.78 Å². The summed E-state index contributed by atoms with van der Waals surface area (Å²) in [4.78, 5) is 26.9. The van der Waals surface area contributed by atoms with Gasteiger partial charge in [-0.15, -0.1) is 0 Å². The highest BCUT2D eigenvalue weighted by molar-refractivity contribution is 5.86. The highest BCUT2D eigenvalue weighted by atomic mass is 16.6. The van der Waals surface area contributed by atoms with Crippen molar-refractivity contribution in [3.8, 4) is 5.75 Å². The van der Waals surface area contributed by atoms with E-state index in [4.69, 9.17) is 4.74 Å². The first-order chi connectivity index (χ1) is 11.1. The molecular weight excluding hydrogens is 296 g/mol. The van der Waals surface area contributed by atoms with Gasteiger partial charge in [-0.25, -0.2) is 0 Å². The summed E-state index contributed by atoms with van der Waals surface area (Å²) in [7, 11) is 0. The van der Waals surface area contributed by atoms with Crippen molar-refractivity contribution in [2.24, 2.45) is 23.2 Å². The maximum absolute atomic E-state index is 12.8. The zero-order valence-corrected chi connectivity index (χ0v) is 12.9. The third kappa shape index (κ3) is 2.50. The topological polar surface area (TPSA) is 82.3 Å². The van der Waals surface area contributed by atoms with Crippen LogP contribution in [-0.2, 0) is 4.79 Å². The number of carbonyl (C=O) groups excluding carboxylic acids is 1. The van der Waals surface area contributed by atoms with E-state index in [1.807, 2.05) is 0 Å². The molecule has 1 heterocycles. The summed E-state index contributed by atoms with van der Waals surface area (Å²) in [6.45, 7) is -0.0846. The minimum atomic E-state index is -0.579. The monoisotopic (exact) mass is 316 g/mol. The van der Waals surface area contributed by atoms with E-state index in [1.165, 1.54) is 31.5 Å². The van der Waals surface area contributed by atoms with Crippen LogP contribution < -0.4 is 4.74 Å². The maximum atomic E-state index is 12.8. The van der Waals surface area contributed by atoms with Gasteiger partial charge >= 0.3 is 5.82 Å². The van der Waals surface area contributed by atoms with Crippen molar-refractivity contribution in [2.75, 3.05) is 6.61 Å². The van der Waals surface area contributed by atoms with Crippen molar-refractivity contribution in [1.82, 2.24) is 4.98 Å². The Kier molecular flexibility index (Phi) is 3.36. The zero-order chi connectivity index (χ0) is 16.0. The highest BCUT2D eigenvalue weighted by Crippen LogP contribution is 2.60. The maximum Gasteiger partial charge on any atom is 0.406 e. The van der Waals surface area contributed by atoms with Gasteiger partial charge in [0.1, 0.15) is 12.8 Å². The minimum Gasteiger partial charge on any atom is -0.478 e. The summed E-state index contributed by atoms with van der Waals surface area (Å²) >= 11 is 0. The molecule has 0 radical (unpaired) electrons. The van der Waals surface area contributed by atoms with Gasteiger partial charge in [-0.05, 0) is 78.3 Å². The van der Waals surface area contributed by atoms with Crippen molar-refractivity contribution >= 4 is 11.6 Å². The van der Waals surface area contributed by atoms with Gasteiger partial charge in [-0.1, -0.05) is 0 Å². The van der Waals surface area contributed by atoms with Gasteiger partial charge in [-0.2, -0.15) is 0 Å². The lowest BCUT2D eigenvalue weighted by atomic mass is 9.48. The van der Waals surface area contributed by atoms with Crippen LogP contribution in [0.2, 0.25) is 0 Å². The van der Waals surface area contributed by atoms with Crippen molar-refractivity contribution in [3.05, 3.63) is 28.4 Å². The number of carbonyl (C=O) groups is 1. The molecule has 6 heteroatoms. The van der Waals surface area contributed by atoms with Gasteiger partial charge in [-0.3, -0.25) is 4.79 Å². The van der Waals surface area contributed by atoms with Crippen LogP contribution in [0.15, 0.2) is 18.3 Å². The Morgan fingerprint density at radius 2 is 1.87 bits per heavy atom. The van der Waals surface area contributed by atoms with Gasteiger partial charge in [0.05, 0.1) is 0 Å². The molecule has 0 atom stereocenters. The molecule has 4 bridgehead atoms. The summed E-state index contributed by atoms with van der Waals surface area (Å²) in [5, 5.41) is 11.0. The van der Waals surface area contributed by atoms with Crippen LogP contribution in [0.4, 0.5) is 5.82 Å². The van der Waals surface area contributed by atoms with E-state index in [1.54, 1.807) is 6.07 Å². The Morgan fingerprint density at radius 3 is 2.43 bits per heavy atom. The van der Waals surface area contributed by atoms with Crippen LogP contribution in [0, 0.1) is 33.3 Å². The van der Waals surface area contributed by atoms with E-state index >= 15 is 0 Å². The van der Waals surface area contributed by atoms with Crippen LogP contribution in [-0.4, -0.2) is 22.3 Å². The van der Waals surface area contributed by atoms with E-state index in [0.717, 1.165) is 19.3 Å². The van der Waals surface area contributed by atoms with Crippen LogP contribution >= 0.6 is 0 Å². The first-order valence-corrected chi connectivity index (χ1v) is 8.31. The minimum absolute atomic E-state index is 0.0792. The van der Waals surface area contributed by atoms with Crippen LogP contribution in [0.25, 0.3) is 0 Å². The van der Waals surface area contributed by atoms with Crippen molar-refractivity contribution in [3.63, 3.8) is 0 Å². The average molecular weight is 316 g/mol. The van der Waals surface area contributed by atoms with E-state index in [0.29, 0.717) is 17.8 Å². The molecule has 0 amide bonds. The number of nitrogens with zero attached hydrogens (tertiary/aromatic N) is 2. The summed E-state index contributed by atoms with van der Waals surface area (Å²) < 4.78 is 5.50. The molecule has 0 spiro atoms. The lowest BCUT2D eigenvalue weighted by Crippen LogP contribution is -2.51. The van der Waals surface area contributed by atoms with Gasteiger partial charge in [0.2, 0.25) is 5.75 Å². The molecule has 0 aliphatic heterocycles. The Labute approximate surface area is 134 Å². The summed E-state index contributed by atoms with van der Waals surface area (Å²) in [6, 6.07) is 3.08. The predicted molar refractivity (Wildman–Crippen MR) is 82.0 cm³/mol. The predicted octanol–water partition coefficient (Wildman–Crippen LogP) is 3.15. The summed E-state index contributed by atoms with van der Waals surface area (Å²) in [5.41, 5.74) is -0.230. The lowest BCUT2D eigenvalue weighted by molar-refractivity contribution is -0.390. The van der Waals surface area contributed by atoms with Crippen molar-refractivity contribution in [2.45, 2.75) is 38.5 Å². The molecular formula is C17H20N2O4. The summed E-state index contributed by atoms with van der Waals surface area (Å²) in [6.07, 6.45) is 8.14. The fourth-order valence-electron chi connectivity index (χ4n) is 5.38. The second-order valence-corrected chi connectivity index (χ2v) is 7.49. The molecule has 4 fully saturated rings. The Bertz CT molecular complexity index is 622. The van der Waals surface area contributed by atoms with E-state index in [9.17, 15) is 14.9 Å². The molecule has 0 N–H and O–H groups in total. The molecule has 1 aromatic rings. The number of aromatic nitrogens is 1. The molecule has 0 aromatic carbocycles. The SMILES string of the molecule is O=C(COc1cccnc1[N+](=O)[O-])C12CC3CC(CC(C3)C1)C2. The first kappa shape index (κ1) is 14.6. The number of Topliss-reactive ketones (excluding diaryl/α,β-unsaturated/α-hetero) is 1. The fraction of sp³-hybridized carbons (Fsp3) is 0.647. The number of pyridine rings is 1. The molecule has 0 saturated heterocycles. The molecule has 23 heavy (non-hydrogen) atoms. The van der Waals surface area contributed by atoms with E-state index in [2.05, 4.69) is 4.98 Å². The second-order valence-electron chi connectivity index (χ2n) is 7.49. The third-order valence-corrected chi connectivity index (χ3v) is 5.91. The van der Waals surface area contributed by atoms with Gasteiger partial charge < -0.3 is 14.9 Å². The number of ether oxygens (including phenoxy) is 1. The Balaban J connectivity index is 1.48. The van der Waals surface area contributed by atoms with Crippen molar-refractivity contribution in [1.29, 1.82) is 0 Å². The largest absolute Gasteiger partial charge is 0.478 e. The van der Waals surface area contributed by atoms with Gasteiger partial charge in [0, 0.05) is 5.41 Å².